The van der Waals surface area contributed by atoms with Crippen LogP contribution in [0.15, 0.2) is 47.3 Å². The maximum absolute atomic E-state index is 15.5. The number of fused-ring (bicyclic) bond motifs is 1. The summed E-state index contributed by atoms with van der Waals surface area (Å²) in [5, 5.41) is 14.0. The second-order valence-corrected chi connectivity index (χ2v) is 9.94. The van der Waals surface area contributed by atoms with Gasteiger partial charge in [-0.25, -0.2) is 8.91 Å². The van der Waals surface area contributed by atoms with Crippen molar-refractivity contribution in [2.45, 2.75) is 58.9 Å². The van der Waals surface area contributed by atoms with Gasteiger partial charge >= 0.3 is 5.97 Å². The monoisotopic (exact) mass is 527 g/mol. The van der Waals surface area contributed by atoms with Crippen molar-refractivity contribution in [2.75, 3.05) is 6.61 Å². The maximum Gasteiger partial charge on any atom is 0.309 e. The standard InChI is InChI=1S/C30H30FN5O3/c1-4-8-27-25(15-20-12-11-19(16-26(20)31)24-10-7-6-9-21(24)17-32)28(37)35(30-33-18(3)34-36(27)30)23-13-22(14-23)29(38)39-5-2/h6-7,9-12,16,22-23H,4-5,8,13-15H2,1-3H3/t22-,23+. The predicted octanol–water partition coefficient (Wildman–Crippen LogP) is 4.93. The van der Waals surface area contributed by atoms with E-state index in [1.54, 1.807) is 53.3 Å². The number of ether oxygens (including phenoxy) is 1. The maximum atomic E-state index is 15.5. The second kappa shape index (κ2) is 10.8. The average Bonchev–Trinajstić information content (AvgIpc) is 3.29. The molecule has 0 radical (unpaired) electrons. The Kier molecular flexibility index (Phi) is 7.29. The minimum Gasteiger partial charge on any atom is -0.466 e. The highest BCUT2D eigenvalue weighted by Crippen LogP contribution is 2.39. The highest BCUT2D eigenvalue weighted by atomic mass is 19.1. The molecule has 1 fully saturated rings. The van der Waals surface area contributed by atoms with Gasteiger partial charge < -0.3 is 4.74 Å². The number of aromatic nitrogens is 4. The van der Waals surface area contributed by atoms with E-state index < -0.39 is 5.82 Å². The number of esters is 1. The van der Waals surface area contributed by atoms with Crippen LogP contribution in [0.1, 0.15) is 67.4 Å². The number of nitrogens with zero attached hydrogens (tertiary/aromatic N) is 5. The third-order valence-electron chi connectivity index (χ3n) is 7.36. The first-order valence-electron chi connectivity index (χ1n) is 13.3. The summed E-state index contributed by atoms with van der Waals surface area (Å²) in [4.78, 5) is 30.8. The van der Waals surface area contributed by atoms with Crippen LogP contribution in [0.3, 0.4) is 0 Å². The normalized spacial score (nSPS) is 16.6. The molecule has 1 aliphatic carbocycles. The van der Waals surface area contributed by atoms with Gasteiger partial charge in [0.05, 0.1) is 29.9 Å². The summed E-state index contributed by atoms with van der Waals surface area (Å²) in [5.74, 6) is 0.0190. The van der Waals surface area contributed by atoms with E-state index in [0.717, 1.165) is 6.42 Å². The Balaban J connectivity index is 1.57. The van der Waals surface area contributed by atoms with Crippen molar-refractivity contribution < 1.29 is 13.9 Å². The molecule has 4 aromatic rings. The fourth-order valence-electron chi connectivity index (χ4n) is 5.36. The summed E-state index contributed by atoms with van der Waals surface area (Å²) in [6.07, 6.45) is 2.40. The molecule has 0 spiro atoms. The predicted molar refractivity (Wildman–Crippen MR) is 144 cm³/mol. The van der Waals surface area contributed by atoms with Crippen molar-refractivity contribution in [3.8, 4) is 17.2 Å². The van der Waals surface area contributed by atoms with Crippen molar-refractivity contribution in [1.82, 2.24) is 19.2 Å². The number of hydrogen-bond donors (Lipinski definition) is 0. The Morgan fingerprint density at radius 3 is 2.67 bits per heavy atom. The molecule has 2 aromatic carbocycles. The third-order valence-corrected chi connectivity index (χ3v) is 7.36. The van der Waals surface area contributed by atoms with Crippen molar-refractivity contribution in [1.29, 1.82) is 5.26 Å². The number of rotatable bonds is 8. The Labute approximate surface area is 225 Å². The van der Waals surface area contributed by atoms with Crippen LogP contribution in [-0.2, 0) is 22.4 Å². The highest BCUT2D eigenvalue weighted by molar-refractivity contribution is 5.73. The molecule has 0 saturated heterocycles. The van der Waals surface area contributed by atoms with Crippen LogP contribution in [0.25, 0.3) is 16.9 Å². The molecular formula is C30H30FN5O3. The molecular weight excluding hydrogens is 497 g/mol. The van der Waals surface area contributed by atoms with Gasteiger partial charge in [0.25, 0.3) is 5.56 Å². The van der Waals surface area contributed by atoms with Crippen LogP contribution in [0, 0.1) is 30.0 Å². The van der Waals surface area contributed by atoms with Gasteiger partial charge in [0.2, 0.25) is 5.78 Å². The number of hydrogen-bond acceptors (Lipinski definition) is 6. The van der Waals surface area contributed by atoms with Crippen molar-refractivity contribution in [3.63, 3.8) is 0 Å². The van der Waals surface area contributed by atoms with E-state index in [-0.39, 0.29) is 29.9 Å². The van der Waals surface area contributed by atoms with E-state index in [4.69, 9.17) is 4.74 Å². The summed E-state index contributed by atoms with van der Waals surface area (Å²) >= 11 is 0. The van der Waals surface area contributed by atoms with Crippen LogP contribution >= 0.6 is 0 Å². The molecule has 0 aliphatic heterocycles. The van der Waals surface area contributed by atoms with Crippen LogP contribution in [-0.4, -0.2) is 31.7 Å². The topological polar surface area (TPSA) is 102 Å². The van der Waals surface area contributed by atoms with E-state index in [2.05, 4.69) is 16.2 Å². The average molecular weight is 528 g/mol. The fraction of sp³-hybridized carbons (Fsp3) is 0.367. The Bertz CT molecular complexity index is 1660. The minimum absolute atomic E-state index is 0.0864. The molecule has 0 amide bonds. The first-order valence-corrected chi connectivity index (χ1v) is 13.3. The second-order valence-electron chi connectivity index (χ2n) is 9.94. The molecule has 1 saturated carbocycles. The van der Waals surface area contributed by atoms with Gasteiger partial charge in [-0.1, -0.05) is 43.7 Å². The lowest BCUT2D eigenvalue weighted by Crippen LogP contribution is -2.40. The molecule has 200 valence electrons. The zero-order valence-corrected chi connectivity index (χ0v) is 22.3. The molecule has 8 nitrogen and oxygen atoms in total. The summed E-state index contributed by atoms with van der Waals surface area (Å²) < 4.78 is 24.0. The quantitative estimate of drug-likeness (QED) is 0.301. The zero-order valence-electron chi connectivity index (χ0n) is 22.3. The molecule has 2 aromatic heterocycles. The summed E-state index contributed by atoms with van der Waals surface area (Å²) in [6.45, 7) is 5.88. The van der Waals surface area contributed by atoms with Crippen LogP contribution < -0.4 is 5.56 Å². The van der Waals surface area contributed by atoms with E-state index in [9.17, 15) is 14.9 Å². The fourth-order valence-corrected chi connectivity index (χ4v) is 5.36. The third kappa shape index (κ3) is 4.83. The number of aryl methyl sites for hydroxylation is 2. The number of halogens is 1. The van der Waals surface area contributed by atoms with Gasteiger partial charge in [-0.2, -0.15) is 15.3 Å². The molecule has 0 unspecified atom stereocenters. The number of benzene rings is 2. The molecule has 2 heterocycles. The van der Waals surface area contributed by atoms with E-state index in [1.807, 2.05) is 13.0 Å². The van der Waals surface area contributed by atoms with Gasteiger partial charge in [0.1, 0.15) is 11.6 Å². The smallest absolute Gasteiger partial charge is 0.309 e. The largest absolute Gasteiger partial charge is 0.466 e. The molecule has 1 aliphatic rings. The van der Waals surface area contributed by atoms with E-state index in [1.165, 1.54) is 6.07 Å². The molecule has 0 atom stereocenters. The van der Waals surface area contributed by atoms with Gasteiger partial charge in [-0.05, 0) is 61.9 Å². The van der Waals surface area contributed by atoms with Gasteiger partial charge in [0.15, 0.2) is 0 Å². The first kappa shape index (κ1) is 26.3. The van der Waals surface area contributed by atoms with Gasteiger partial charge in [-0.3, -0.25) is 14.2 Å². The van der Waals surface area contributed by atoms with Crippen molar-refractivity contribution in [2.24, 2.45) is 5.92 Å². The molecule has 0 bridgehead atoms. The van der Waals surface area contributed by atoms with Crippen LogP contribution in [0.5, 0.6) is 0 Å². The van der Waals surface area contributed by atoms with E-state index in [0.29, 0.717) is 71.0 Å². The lowest BCUT2D eigenvalue weighted by molar-refractivity contribution is -0.152. The number of nitriles is 1. The summed E-state index contributed by atoms with van der Waals surface area (Å²) in [6, 6.07) is 13.9. The van der Waals surface area contributed by atoms with E-state index >= 15 is 4.39 Å². The first-order chi connectivity index (χ1) is 18.9. The SMILES string of the molecule is CCCc1c(Cc2ccc(-c3ccccc3C#N)cc2F)c(=O)n([C@H]2C[C@@H](C(=O)OCC)C2)c2nc(C)nn12. The van der Waals surface area contributed by atoms with Gasteiger partial charge in [0, 0.05) is 18.0 Å². The highest BCUT2D eigenvalue weighted by Gasteiger charge is 2.39. The lowest BCUT2D eigenvalue weighted by Gasteiger charge is -2.35. The Hall–Kier alpha value is -4.32. The molecule has 9 heteroatoms. The number of carbonyl (C=O) groups is 1. The lowest BCUT2D eigenvalue weighted by atomic mass is 9.80. The molecule has 5 rings (SSSR count). The van der Waals surface area contributed by atoms with Crippen LogP contribution in [0.4, 0.5) is 4.39 Å². The molecule has 0 N–H and O–H groups in total. The van der Waals surface area contributed by atoms with Crippen LogP contribution in [0.2, 0.25) is 0 Å². The van der Waals surface area contributed by atoms with Gasteiger partial charge in [-0.15, -0.1) is 0 Å². The summed E-state index contributed by atoms with van der Waals surface area (Å²) in [5.41, 5.74) is 3.05. The van der Waals surface area contributed by atoms with Crippen molar-refractivity contribution in [3.05, 3.63) is 86.8 Å². The molecule has 39 heavy (non-hydrogen) atoms. The van der Waals surface area contributed by atoms with Crippen molar-refractivity contribution >= 4 is 11.7 Å². The Morgan fingerprint density at radius 1 is 1.21 bits per heavy atom. The zero-order chi connectivity index (χ0) is 27.7. The minimum atomic E-state index is -0.450. The summed E-state index contributed by atoms with van der Waals surface area (Å²) in [7, 11) is 0. The number of carbonyl (C=O) groups excluding carboxylic acids is 1. The Morgan fingerprint density at radius 2 is 1.97 bits per heavy atom.